The molecule has 13 atom stereocenters. The number of azide groups is 1. The maximum atomic E-state index is 17.2. The molecule has 3 fully saturated rings. The lowest BCUT2D eigenvalue weighted by molar-refractivity contribution is -0.299. The maximum absolute atomic E-state index is 17.2. The average Bonchev–Trinajstić information content (AvgIpc) is 3.57. The molecule has 0 saturated carbocycles. The van der Waals surface area contributed by atoms with Gasteiger partial charge in [0.1, 0.15) is 18.5 Å². The number of Topliss-reactive ketones (excluding diaryl/α,β-unsaturated/α-hetero) is 2. The first-order valence-electron chi connectivity index (χ1n) is 22.6. The van der Waals surface area contributed by atoms with Gasteiger partial charge in [-0.3, -0.25) is 9.59 Å². The van der Waals surface area contributed by atoms with Crippen LogP contribution in [0.2, 0.25) is 0 Å². The number of carbonyl (C=O) groups is 6. The molecule has 2 aromatic carbocycles. The molecule has 0 aliphatic carbocycles. The van der Waals surface area contributed by atoms with Crippen LogP contribution in [0.4, 0.5) is 9.18 Å². The van der Waals surface area contributed by atoms with Gasteiger partial charge in [-0.15, -0.1) is 0 Å². The van der Waals surface area contributed by atoms with E-state index in [0.29, 0.717) is 18.4 Å². The van der Waals surface area contributed by atoms with Crippen LogP contribution in [-0.2, 0) is 47.5 Å². The highest BCUT2D eigenvalue weighted by atomic mass is 19.1. The number of hydrogen-bond donors (Lipinski definition) is 0. The van der Waals surface area contributed by atoms with E-state index >= 15 is 4.39 Å². The number of benzene rings is 2. The van der Waals surface area contributed by atoms with Gasteiger partial charge in [-0.2, -0.15) is 0 Å². The largest absolute Gasteiger partial charge is 0.459 e. The molecule has 0 bridgehead atoms. The van der Waals surface area contributed by atoms with Gasteiger partial charge in [-0.25, -0.2) is 23.6 Å². The minimum atomic E-state index is -3.30. The van der Waals surface area contributed by atoms with Crippen molar-refractivity contribution in [3.63, 3.8) is 0 Å². The van der Waals surface area contributed by atoms with Crippen LogP contribution in [-0.4, -0.2) is 121 Å². The molecule has 5 rings (SSSR count). The second-order valence-corrected chi connectivity index (χ2v) is 18.2. The fourth-order valence-corrected chi connectivity index (χ4v) is 9.69. The van der Waals surface area contributed by atoms with Crippen molar-refractivity contribution < 1.29 is 66.3 Å². The number of fused-ring (bicyclic) bond motifs is 1. The molecule has 1 amide bonds. The number of methoxy groups -OCH3 is 1. The van der Waals surface area contributed by atoms with Crippen molar-refractivity contribution in [3.8, 4) is 0 Å². The normalized spacial score (nSPS) is 34.2. The standard InChI is InChI=1S/C48H63FN4O13/c1-10-35-48(8)38(53(45(59)66-48)24-18-17-23-51-52-50)30(4)36(54)29(3)26-46(6,60-9)40(31(5)39(55)47(7,49)44(58)63-35)65-43-37(64-42(57)33-21-15-12-16-22-33)28(2)25-34(62-43)27-61-41(56)32-19-13-11-14-20-32/h11-16,19-22,28-31,34-35,37-38,40,43H,10,17-18,23-27H2,1-9H3/t28?,29-,30+,31+,34?,35-,37?,38-,40-,43?,46+,47+,48-/m1/s1. The van der Waals surface area contributed by atoms with Crippen molar-refractivity contribution in [2.45, 2.75) is 141 Å². The Bertz CT molecular complexity index is 2100. The summed E-state index contributed by atoms with van der Waals surface area (Å²) in [5.41, 5.74) is 2.70. The van der Waals surface area contributed by atoms with Crippen LogP contribution < -0.4 is 0 Å². The number of cyclic esters (lactones) is 1. The third kappa shape index (κ3) is 11.2. The summed E-state index contributed by atoms with van der Waals surface area (Å²) in [5, 5.41) is 3.56. The van der Waals surface area contributed by atoms with Gasteiger partial charge in [0.05, 0.1) is 35.0 Å². The lowest BCUT2D eigenvalue weighted by atomic mass is 9.73. The van der Waals surface area contributed by atoms with Crippen LogP contribution in [0, 0.1) is 23.7 Å². The van der Waals surface area contributed by atoms with Crippen LogP contribution in [0.5, 0.6) is 0 Å². The lowest BCUT2D eigenvalue weighted by Crippen LogP contribution is -2.61. The number of rotatable bonds is 14. The highest BCUT2D eigenvalue weighted by molar-refractivity contribution is 6.08. The van der Waals surface area contributed by atoms with Gasteiger partial charge in [0.25, 0.3) is 5.67 Å². The highest BCUT2D eigenvalue weighted by Gasteiger charge is 2.62. The Hall–Kier alpha value is -5.42. The van der Waals surface area contributed by atoms with Gasteiger partial charge in [-0.1, -0.05) is 76.1 Å². The molecule has 3 heterocycles. The summed E-state index contributed by atoms with van der Waals surface area (Å²) in [6, 6.07) is 15.6. The maximum Gasteiger partial charge on any atom is 0.410 e. The van der Waals surface area contributed by atoms with E-state index < -0.39 is 107 Å². The van der Waals surface area contributed by atoms with Crippen LogP contribution in [0.3, 0.4) is 0 Å². The van der Waals surface area contributed by atoms with E-state index in [1.165, 1.54) is 25.9 Å². The Morgan fingerprint density at radius 1 is 0.924 bits per heavy atom. The second kappa shape index (κ2) is 21.9. The summed E-state index contributed by atoms with van der Waals surface area (Å²) >= 11 is 0. The number of ketones is 2. The zero-order valence-corrected chi connectivity index (χ0v) is 39.2. The summed E-state index contributed by atoms with van der Waals surface area (Å²) in [5.74, 6) is -8.26. The second-order valence-electron chi connectivity index (χ2n) is 18.2. The third-order valence-electron chi connectivity index (χ3n) is 13.3. The molecular formula is C48H63FN4O13. The Labute approximate surface area is 384 Å². The molecule has 66 heavy (non-hydrogen) atoms. The lowest BCUT2D eigenvalue weighted by Gasteiger charge is -2.47. The zero-order valence-electron chi connectivity index (χ0n) is 39.2. The van der Waals surface area contributed by atoms with Gasteiger partial charge >= 0.3 is 24.0 Å². The van der Waals surface area contributed by atoms with Gasteiger partial charge in [0, 0.05) is 48.8 Å². The van der Waals surface area contributed by atoms with Gasteiger partial charge in [0.15, 0.2) is 23.8 Å². The van der Waals surface area contributed by atoms with Crippen LogP contribution in [0.1, 0.15) is 108 Å². The first-order chi connectivity index (χ1) is 31.2. The summed E-state index contributed by atoms with van der Waals surface area (Å²) in [7, 11) is 1.34. The Kier molecular flexibility index (Phi) is 17.1. The molecule has 18 heteroatoms. The van der Waals surface area contributed by atoms with Crippen molar-refractivity contribution >= 4 is 35.6 Å². The number of halogens is 1. The van der Waals surface area contributed by atoms with Crippen LogP contribution in [0.25, 0.3) is 10.4 Å². The number of alkyl halides is 1. The highest BCUT2D eigenvalue weighted by Crippen LogP contribution is 2.44. The molecule has 360 valence electrons. The first kappa shape index (κ1) is 51.6. The number of amides is 1. The smallest absolute Gasteiger partial charge is 0.410 e. The SMILES string of the molecule is CC[C@H]1OC(=O)[C@@](C)(F)C(=O)[C@H](C)[C@@H](OC2OC(COC(=O)c3ccccc3)CC(C)C2OC(=O)c2ccccc2)[C@@](C)(OC)C[C@@H](C)C(=O)[C@H](C)[C@H]2N(CCCCN=[N+]=[N-])C(=O)O[C@]12C. The van der Waals surface area contributed by atoms with Crippen molar-refractivity contribution in [3.05, 3.63) is 82.2 Å². The van der Waals surface area contributed by atoms with E-state index in [1.807, 2.05) is 0 Å². The summed E-state index contributed by atoms with van der Waals surface area (Å²) < 4.78 is 60.1. The third-order valence-corrected chi connectivity index (χ3v) is 13.3. The Balaban J connectivity index is 1.55. The molecule has 3 saturated heterocycles. The number of nitrogens with zero attached hydrogens (tertiary/aromatic N) is 4. The summed E-state index contributed by atoms with van der Waals surface area (Å²) in [6.07, 6.45) is -6.10. The predicted octanol–water partition coefficient (Wildman–Crippen LogP) is 7.78. The van der Waals surface area contributed by atoms with E-state index in [9.17, 15) is 28.8 Å². The average molecular weight is 923 g/mol. The monoisotopic (exact) mass is 922 g/mol. The molecule has 3 aliphatic rings. The van der Waals surface area contributed by atoms with Crippen LogP contribution >= 0.6 is 0 Å². The fraction of sp³-hybridized carbons (Fsp3) is 0.625. The number of ether oxygens (including phenoxy) is 7. The summed E-state index contributed by atoms with van der Waals surface area (Å²) in [6.45, 7) is 12.1. The van der Waals surface area contributed by atoms with E-state index in [2.05, 4.69) is 10.0 Å². The molecule has 4 unspecified atom stereocenters. The quantitative estimate of drug-likeness (QED) is 0.0337. The van der Waals surface area contributed by atoms with Gasteiger partial charge in [-0.05, 0) is 82.7 Å². The summed E-state index contributed by atoms with van der Waals surface area (Å²) in [4.78, 5) is 87.9. The fourth-order valence-electron chi connectivity index (χ4n) is 9.69. The van der Waals surface area contributed by atoms with E-state index in [1.54, 1.807) is 95.3 Å². The molecule has 0 N–H and O–H groups in total. The minimum Gasteiger partial charge on any atom is -0.459 e. The molecule has 0 spiro atoms. The van der Waals surface area contributed by atoms with Gasteiger partial charge in [0.2, 0.25) is 0 Å². The predicted molar refractivity (Wildman–Crippen MR) is 236 cm³/mol. The van der Waals surface area contributed by atoms with E-state index in [0.717, 1.165) is 6.92 Å². The van der Waals surface area contributed by atoms with Crippen molar-refractivity contribution in [2.24, 2.45) is 28.8 Å². The van der Waals surface area contributed by atoms with Gasteiger partial charge < -0.3 is 38.1 Å². The Morgan fingerprint density at radius 2 is 1.55 bits per heavy atom. The van der Waals surface area contributed by atoms with Crippen molar-refractivity contribution in [1.82, 2.24) is 4.90 Å². The van der Waals surface area contributed by atoms with E-state index in [-0.39, 0.29) is 50.3 Å². The zero-order chi connectivity index (χ0) is 48.6. The van der Waals surface area contributed by atoms with Crippen molar-refractivity contribution in [1.29, 1.82) is 0 Å². The number of unbranched alkanes of at least 4 members (excludes halogenated alkanes) is 1. The Morgan fingerprint density at radius 3 is 2.14 bits per heavy atom. The molecule has 3 aliphatic heterocycles. The van der Waals surface area contributed by atoms with Crippen LogP contribution in [0.15, 0.2) is 65.8 Å². The molecule has 2 aromatic rings. The number of hydrogen-bond acceptors (Lipinski definition) is 14. The molecule has 0 radical (unpaired) electrons. The molecular weight excluding hydrogens is 860 g/mol. The number of esters is 3. The van der Waals surface area contributed by atoms with Crippen molar-refractivity contribution in [2.75, 3.05) is 26.8 Å². The first-order valence-corrected chi connectivity index (χ1v) is 22.6. The molecule has 17 nitrogen and oxygen atoms in total. The molecule has 0 aromatic heterocycles. The topological polar surface area (TPSA) is 219 Å². The minimum absolute atomic E-state index is 0.0165. The number of carbonyl (C=O) groups excluding carboxylic acids is 6. The van der Waals surface area contributed by atoms with E-state index in [4.69, 9.17) is 38.7 Å².